The van der Waals surface area contributed by atoms with Crippen LogP contribution < -0.4 is 15.0 Å². The number of carbonyl (C=O) groups is 3. The predicted molar refractivity (Wildman–Crippen MR) is 91.4 cm³/mol. The molecule has 1 heterocycles. The van der Waals surface area contributed by atoms with Crippen LogP contribution in [0, 0.1) is 5.92 Å². The van der Waals surface area contributed by atoms with E-state index in [2.05, 4.69) is 5.32 Å². The molecule has 1 aliphatic rings. The molecule has 0 radical (unpaired) electrons. The van der Waals surface area contributed by atoms with Crippen LogP contribution in [-0.4, -0.2) is 37.3 Å². The highest BCUT2D eigenvalue weighted by molar-refractivity contribution is 6.05. The van der Waals surface area contributed by atoms with Gasteiger partial charge < -0.3 is 10.1 Å². The van der Waals surface area contributed by atoms with Gasteiger partial charge >= 0.3 is 0 Å². The van der Waals surface area contributed by atoms with Crippen molar-refractivity contribution in [2.24, 2.45) is 5.92 Å². The standard InChI is InChI=1S/C18H24N2O4/c1-5-6-14(21)12-7-8-15-13(9-12)20(10-16(22)19-4)18(23)17(24-15)11(2)3/h7-9,11,17H,5-6,10H2,1-4H3,(H,19,22). The van der Waals surface area contributed by atoms with Crippen molar-refractivity contribution in [3.05, 3.63) is 23.8 Å². The summed E-state index contributed by atoms with van der Waals surface area (Å²) in [6.45, 7) is 5.63. The van der Waals surface area contributed by atoms with Crippen LogP contribution in [0.2, 0.25) is 0 Å². The molecule has 1 N–H and O–H groups in total. The smallest absolute Gasteiger partial charge is 0.268 e. The van der Waals surface area contributed by atoms with E-state index in [9.17, 15) is 14.4 Å². The second-order valence-electron chi connectivity index (χ2n) is 6.24. The molecule has 0 aromatic heterocycles. The molecule has 0 fully saturated rings. The Morgan fingerprint density at radius 3 is 2.62 bits per heavy atom. The lowest BCUT2D eigenvalue weighted by Gasteiger charge is -2.35. The molecule has 1 aliphatic heterocycles. The molecule has 1 aromatic rings. The minimum atomic E-state index is -0.639. The number of nitrogens with zero attached hydrogens (tertiary/aromatic N) is 1. The van der Waals surface area contributed by atoms with Crippen molar-refractivity contribution in [3.8, 4) is 5.75 Å². The topological polar surface area (TPSA) is 75.7 Å². The number of nitrogens with one attached hydrogen (secondary N) is 1. The van der Waals surface area contributed by atoms with Gasteiger partial charge in [-0.25, -0.2) is 0 Å². The highest BCUT2D eigenvalue weighted by atomic mass is 16.5. The number of anilines is 1. The number of carbonyl (C=O) groups excluding carboxylic acids is 3. The summed E-state index contributed by atoms with van der Waals surface area (Å²) in [5.74, 6) is -0.0340. The number of likely N-dealkylation sites (N-methyl/N-ethyl adjacent to an activating group) is 1. The Labute approximate surface area is 142 Å². The first-order chi connectivity index (χ1) is 11.4. The third-order valence-electron chi connectivity index (χ3n) is 4.00. The van der Waals surface area contributed by atoms with E-state index in [1.165, 1.54) is 11.9 Å². The van der Waals surface area contributed by atoms with E-state index in [0.717, 1.165) is 6.42 Å². The van der Waals surface area contributed by atoms with Crippen LogP contribution in [0.1, 0.15) is 44.0 Å². The first-order valence-corrected chi connectivity index (χ1v) is 8.24. The molecule has 1 atom stereocenters. The summed E-state index contributed by atoms with van der Waals surface area (Å²) in [6, 6.07) is 5.06. The zero-order valence-electron chi connectivity index (χ0n) is 14.6. The molecule has 0 bridgehead atoms. The van der Waals surface area contributed by atoms with Gasteiger partial charge in [0.05, 0.1) is 5.69 Å². The minimum absolute atomic E-state index is 0.0126. The fraction of sp³-hybridized carbons (Fsp3) is 0.500. The predicted octanol–water partition coefficient (Wildman–Crippen LogP) is 2.17. The van der Waals surface area contributed by atoms with E-state index in [0.29, 0.717) is 23.4 Å². The Hall–Kier alpha value is -2.37. The zero-order valence-corrected chi connectivity index (χ0v) is 14.6. The third kappa shape index (κ3) is 3.58. The van der Waals surface area contributed by atoms with Gasteiger partial charge in [-0.15, -0.1) is 0 Å². The summed E-state index contributed by atoms with van der Waals surface area (Å²) in [5.41, 5.74) is 0.999. The fourth-order valence-corrected chi connectivity index (χ4v) is 2.64. The van der Waals surface area contributed by atoms with Crippen LogP contribution in [0.5, 0.6) is 5.75 Å². The largest absolute Gasteiger partial charge is 0.478 e. The van der Waals surface area contributed by atoms with E-state index in [4.69, 9.17) is 4.74 Å². The lowest BCUT2D eigenvalue weighted by molar-refractivity contribution is -0.130. The van der Waals surface area contributed by atoms with Gasteiger partial charge in [0.2, 0.25) is 5.91 Å². The van der Waals surface area contributed by atoms with Gasteiger partial charge in [-0.3, -0.25) is 19.3 Å². The Morgan fingerprint density at radius 2 is 2.04 bits per heavy atom. The average Bonchev–Trinajstić information content (AvgIpc) is 2.56. The summed E-state index contributed by atoms with van der Waals surface area (Å²) in [5, 5.41) is 2.52. The summed E-state index contributed by atoms with van der Waals surface area (Å²) in [4.78, 5) is 38.1. The average molecular weight is 332 g/mol. The number of hydrogen-bond acceptors (Lipinski definition) is 4. The minimum Gasteiger partial charge on any atom is -0.478 e. The van der Waals surface area contributed by atoms with E-state index in [1.807, 2.05) is 20.8 Å². The van der Waals surface area contributed by atoms with Gasteiger partial charge in [-0.1, -0.05) is 20.8 Å². The van der Waals surface area contributed by atoms with Crippen LogP contribution in [-0.2, 0) is 9.59 Å². The van der Waals surface area contributed by atoms with Gasteiger partial charge in [0.1, 0.15) is 12.3 Å². The van der Waals surface area contributed by atoms with Crippen molar-refractivity contribution in [3.63, 3.8) is 0 Å². The molecule has 2 rings (SSSR count). The van der Waals surface area contributed by atoms with Gasteiger partial charge in [0.15, 0.2) is 11.9 Å². The molecule has 24 heavy (non-hydrogen) atoms. The Morgan fingerprint density at radius 1 is 1.33 bits per heavy atom. The van der Waals surface area contributed by atoms with Crippen molar-refractivity contribution >= 4 is 23.3 Å². The summed E-state index contributed by atoms with van der Waals surface area (Å²) in [6.07, 6.45) is 0.555. The summed E-state index contributed by atoms with van der Waals surface area (Å²) < 4.78 is 5.81. The molecule has 0 spiro atoms. The van der Waals surface area contributed by atoms with E-state index >= 15 is 0 Å². The maximum atomic E-state index is 12.7. The second kappa shape index (κ2) is 7.47. The van der Waals surface area contributed by atoms with Crippen LogP contribution in [0.25, 0.3) is 0 Å². The number of amides is 2. The highest BCUT2D eigenvalue weighted by Crippen LogP contribution is 2.36. The first kappa shape index (κ1) is 18.0. The first-order valence-electron chi connectivity index (χ1n) is 8.24. The van der Waals surface area contributed by atoms with Crippen LogP contribution >= 0.6 is 0 Å². The number of Topliss-reactive ketones (excluding diaryl/α,β-unsaturated/α-hetero) is 1. The zero-order chi connectivity index (χ0) is 17.9. The lowest BCUT2D eigenvalue weighted by atomic mass is 10.0. The number of ketones is 1. The number of benzene rings is 1. The number of fused-ring (bicyclic) bond motifs is 1. The highest BCUT2D eigenvalue weighted by Gasteiger charge is 2.37. The third-order valence-corrected chi connectivity index (χ3v) is 4.00. The molecule has 6 nitrogen and oxygen atoms in total. The SMILES string of the molecule is CCCC(=O)c1ccc2c(c1)N(CC(=O)NC)C(=O)C(C(C)C)O2. The monoisotopic (exact) mass is 332 g/mol. The van der Waals surface area contributed by atoms with Crippen molar-refractivity contribution < 1.29 is 19.1 Å². The Kier molecular flexibility index (Phi) is 5.59. The van der Waals surface area contributed by atoms with Crippen molar-refractivity contribution in [2.75, 3.05) is 18.5 Å². The second-order valence-corrected chi connectivity index (χ2v) is 6.24. The van der Waals surface area contributed by atoms with Crippen molar-refractivity contribution in [1.82, 2.24) is 5.32 Å². The van der Waals surface area contributed by atoms with Gasteiger partial charge in [-0.2, -0.15) is 0 Å². The molecule has 0 saturated heterocycles. The molecule has 0 aliphatic carbocycles. The molecule has 1 unspecified atom stereocenters. The van der Waals surface area contributed by atoms with Gasteiger partial charge in [0.25, 0.3) is 5.91 Å². The van der Waals surface area contributed by atoms with E-state index in [1.54, 1.807) is 18.2 Å². The molecule has 130 valence electrons. The maximum Gasteiger partial charge on any atom is 0.268 e. The van der Waals surface area contributed by atoms with Crippen LogP contribution in [0.4, 0.5) is 5.69 Å². The molecule has 2 amide bonds. The van der Waals surface area contributed by atoms with Crippen LogP contribution in [0.3, 0.4) is 0 Å². The van der Waals surface area contributed by atoms with E-state index < -0.39 is 6.10 Å². The maximum absolute atomic E-state index is 12.7. The number of hydrogen-bond donors (Lipinski definition) is 1. The van der Waals surface area contributed by atoms with Crippen molar-refractivity contribution in [1.29, 1.82) is 0 Å². The molecular formula is C18H24N2O4. The quantitative estimate of drug-likeness (QED) is 0.810. The van der Waals surface area contributed by atoms with Gasteiger partial charge in [-0.05, 0) is 30.5 Å². The van der Waals surface area contributed by atoms with Crippen LogP contribution in [0.15, 0.2) is 18.2 Å². The van der Waals surface area contributed by atoms with Gasteiger partial charge in [0, 0.05) is 19.0 Å². The normalized spacial score (nSPS) is 16.6. The fourth-order valence-electron chi connectivity index (χ4n) is 2.64. The molecular weight excluding hydrogens is 308 g/mol. The summed E-state index contributed by atoms with van der Waals surface area (Å²) in [7, 11) is 1.52. The summed E-state index contributed by atoms with van der Waals surface area (Å²) >= 11 is 0. The Bertz CT molecular complexity index is 654. The number of rotatable bonds is 6. The molecule has 0 saturated carbocycles. The lowest BCUT2D eigenvalue weighted by Crippen LogP contribution is -2.51. The van der Waals surface area contributed by atoms with E-state index in [-0.39, 0.29) is 30.1 Å². The Balaban J connectivity index is 2.45. The number of ether oxygens (including phenoxy) is 1. The molecule has 1 aromatic carbocycles. The van der Waals surface area contributed by atoms with Crippen molar-refractivity contribution in [2.45, 2.75) is 39.7 Å². The molecule has 6 heteroatoms.